The molecular formula is C68H51F3N10O4. The van der Waals surface area contributed by atoms with Crippen LogP contribution in [0.25, 0.3) is 102 Å². The lowest BCUT2D eigenvalue weighted by Crippen LogP contribution is -2.13. The van der Waals surface area contributed by atoms with Crippen molar-refractivity contribution in [1.82, 2.24) is 29.5 Å². The minimum Gasteiger partial charge on any atom is -0.354 e. The van der Waals surface area contributed by atoms with Gasteiger partial charge >= 0.3 is 6.18 Å². The SMILES string of the molecule is CC(=O)Nc1ccccc1-c1c2nc(c(-c3ccccc3NC(C)=O)c3ccc([nH]3)c(-c3ccccc3NC(=O)c3cccc(Cn4cncc4-c4ccc(C(F)(F)F)cc4)c3)c3nc(c(-c4ccccc4NC(C)=O)c4ccc1[nH]4)C=C3)C=C2. The van der Waals surface area contributed by atoms with Gasteiger partial charge in [-0.3, -0.25) is 19.2 Å². The summed E-state index contributed by atoms with van der Waals surface area (Å²) in [5.41, 5.74) is 13.6. The van der Waals surface area contributed by atoms with Gasteiger partial charge in [0.2, 0.25) is 17.7 Å². The lowest BCUT2D eigenvalue weighted by molar-refractivity contribution is -0.137. The Labute approximate surface area is 484 Å². The molecule has 0 saturated carbocycles. The van der Waals surface area contributed by atoms with Crippen LogP contribution in [0.15, 0.2) is 182 Å². The molecule has 4 aromatic heterocycles. The molecule has 10 aromatic rings. The van der Waals surface area contributed by atoms with Crippen molar-refractivity contribution < 1.29 is 32.3 Å². The molecule has 0 atom stereocenters. The van der Waals surface area contributed by atoms with E-state index in [2.05, 4.69) is 36.2 Å². The van der Waals surface area contributed by atoms with Crippen LogP contribution in [0.5, 0.6) is 0 Å². The molecule has 12 rings (SSSR count). The summed E-state index contributed by atoms with van der Waals surface area (Å²) < 4.78 is 42.1. The third-order valence-corrected chi connectivity index (χ3v) is 14.5. The highest BCUT2D eigenvalue weighted by atomic mass is 19.4. The van der Waals surface area contributed by atoms with Crippen LogP contribution in [0, 0.1) is 0 Å². The fourth-order valence-corrected chi connectivity index (χ4v) is 10.9. The lowest BCUT2D eigenvalue weighted by Gasteiger charge is -2.14. The Morgan fingerprint density at radius 1 is 0.471 bits per heavy atom. The molecule has 0 spiro atoms. The van der Waals surface area contributed by atoms with Gasteiger partial charge in [-0.15, -0.1) is 0 Å². The fraction of sp³-hybridized carbons (Fsp3) is 0.0735. The predicted octanol–water partition coefficient (Wildman–Crippen LogP) is 15.4. The van der Waals surface area contributed by atoms with E-state index < -0.39 is 17.6 Å². The van der Waals surface area contributed by atoms with Gasteiger partial charge in [-0.05, 0) is 108 Å². The molecular weight excluding hydrogens is 1080 g/mol. The van der Waals surface area contributed by atoms with Crippen molar-refractivity contribution in [1.29, 1.82) is 0 Å². The van der Waals surface area contributed by atoms with E-state index in [-0.39, 0.29) is 24.3 Å². The molecule has 14 nitrogen and oxygen atoms in total. The van der Waals surface area contributed by atoms with Crippen molar-refractivity contribution in [3.8, 4) is 55.8 Å². The number of hydrogen-bond acceptors (Lipinski definition) is 7. The monoisotopic (exact) mass is 1130 g/mol. The third kappa shape index (κ3) is 11.2. The number of imidazole rings is 1. The van der Waals surface area contributed by atoms with E-state index in [0.29, 0.717) is 129 Å². The molecule has 2 aliphatic heterocycles. The molecule has 6 heterocycles. The first-order chi connectivity index (χ1) is 41.1. The van der Waals surface area contributed by atoms with Crippen LogP contribution in [0.1, 0.15) is 65.0 Å². The number of benzene rings is 6. The molecule has 0 aliphatic carbocycles. The third-order valence-electron chi connectivity index (χ3n) is 14.5. The second-order valence-electron chi connectivity index (χ2n) is 20.4. The number of nitrogens with one attached hydrogen (secondary N) is 6. The highest BCUT2D eigenvalue weighted by Gasteiger charge is 2.30. The van der Waals surface area contributed by atoms with Crippen LogP contribution >= 0.6 is 0 Å². The first-order valence-electron chi connectivity index (χ1n) is 27.1. The van der Waals surface area contributed by atoms with Gasteiger partial charge in [0.25, 0.3) is 5.91 Å². The highest BCUT2D eigenvalue weighted by Crippen LogP contribution is 2.43. The average Bonchev–Trinajstić information content (AvgIpc) is 2.55. The van der Waals surface area contributed by atoms with Crippen LogP contribution < -0.4 is 21.3 Å². The summed E-state index contributed by atoms with van der Waals surface area (Å²) in [5, 5.41) is 12.2. The van der Waals surface area contributed by atoms with Crippen molar-refractivity contribution >= 4 is 92.7 Å². The molecule has 2 aliphatic rings. The second kappa shape index (κ2) is 22.6. The molecule has 418 valence electrons. The van der Waals surface area contributed by atoms with Crippen molar-refractivity contribution in [3.05, 3.63) is 222 Å². The Morgan fingerprint density at radius 2 is 0.859 bits per heavy atom. The summed E-state index contributed by atoms with van der Waals surface area (Å²) in [6.07, 6.45) is 6.37. The van der Waals surface area contributed by atoms with Crippen LogP contribution in [0.4, 0.5) is 35.9 Å². The number of rotatable bonds is 12. The molecule has 4 amide bonds. The molecule has 6 N–H and O–H groups in total. The topological polar surface area (TPSA) is 192 Å². The van der Waals surface area contributed by atoms with Gasteiger partial charge in [0.1, 0.15) is 0 Å². The highest BCUT2D eigenvalue weighted by molar-refractivity contribution is 6.10. The van der Waals surface area contributed by atoms with Crippen LogP contribution in [-0.2, 0) is 27.1 Å². The van der Waals surface area contributed by atoms with Gasteiger partial charge in [-0.2, -0.15) is 13.2 Å². The normalized spacial score (nSPS) is 11.8. The van der Waals surface area contributed by atoms with Gasteiger partial charge in [-0.25, -0.2) is 15.0 Å². The second-order valence-corrected chi connectivity index (χ2v) is 20.4. The number of amides is 4. The zero-order valence-corrected chi connectivity index (χ0v) is 45.9. The molecule has 0 radical (unpaired) electrons. The first kappa shape index (κ1) is 54.4. The number of anilines is 4. The minimum atomic E-state index is -4.47. The average molecular weight is 1130 g/mol. The maximum Gasteiger partial charge on any atom is 0.416 e. The Balaban J connectivity index is 1.07. The summed E-state index contributed by atoms with van der Waals surface area (Å²) in [4.78, 5) is 75.7. The van der Waals surface area contributed by atoms with E-state index in [0.717, 1.165) is 17.7 Å². The largest absolute Gasteiger partial charge is 0.416 e. The van der Waals surface area contributed by atoms with Crippen molar-refractivity contribution in [2.45, 2.75) is 33.5 Å². The number of hydrogen-bond donors (Lipinski definition) is 6. The van der Waals surface area contributed by atoms with E-state index >= 15 is 0 Å². The van der Waals surface area contributed by atoms with Gasteiger partial charge < -0.3 is 35.8 Å². The number of aromatic nitrogens is 6. The summed E-state index contributed by atoms with van der Waals surface area (Å²) in [6.45, 7) is 4.63. The maximum atomic E-state index is 14.7. The fourth-order valence-electron chi connectivity index (χ4n) is 10.9. The summed E-state index contributed by atoms with van der Waals surface area (Å²) in [6, 6.07) is 49.7. The summed E-state index contributed by atoms with van der Waals surface area (Å²) in [7, 11) is 0. The number of halogens is 3. The van der Waals surface area contributed by atoms with Crippen LogP contribution in [-0.4, -0.2) is 53.1 Å². The van der Waals surface area contributed by atoms with Gasteiger partial charge in [0.05, 0.1) is 46.6 Å². The maximum absolute atomic E-state index is 14.7. The predicted molar refractivity (Wildman–Crippen MR) is 330 cm³/mol. The Hall–Kier alpha value is -11.2. The van der Waals surface area contributed by atoms with Crippen molar-refractivity contribution in [3.63, 3.8) is 0 Å². The van der Waals surface area contributed by atoms with E-state index in [1.165, 1.54) is 32.9 Å². The Kier molecular flexibility index (Phi) is 14.5. The summed E-state index contributed by atoms with van der Waals surface area (Å²) in [5.74, 6) is -1.20. The molecule has 0 fully saturated rings. The number of fused-ring (bicyclic) bond motifs is 8. The van der Waals surface area contributed by atoms with Crippen molar-refractivity contribution in [2.75, 3.05) is 21.3 Å². The van der Waals surface area contributed by atoms with Gasteiger partial charge in [-0.1, -0.05) is 97.1 Å². The number of nitrogens with zero attached hydrogens (tertiary/aromatic N) is 4. The molecule has 8 bridgehead atoms. The minimum absolute atomic E-state index is 0.256. The zero-order chi connectivity index (χ0) is 58.9. The van der Waals surface area contributed by atoms with E-state index in [1.807, 2.05) is 156 Å². The number of para-hydroxylation sites is 4. The Morgan fingerprint density at radius 3 is 1.25 bits per heavy atom. The van der Waals surface area contributed by atoms with Crippen LogP contribution in [0.3, 0.4) is 0 Å². The quantitative estimate of drug-likeness (QED) is 0.0701. The molecule has 0 saturated heterocycles. The molecule has 85 heavy (non-hydrogen) atoms. The Bertz CT molecular complexity index is 4530. The first-order valence-corrected chi connectivity index (χ1v) is 27.1. The lowest BCUT2D eigenvalue weighted by atomic mass is 10.0. The van der Waals surface area contributed by atoms with Gasteiger partial charge in [0, 0.05) is 122 Å². The van der Waals surface area contributed by atoms with E-state index in [4.69, 9.17) is 9.97 Å². The standard InChI is InChI=1S/C68H51F3N10O4/c1-39(82)73-50-19-8-4-15-46(50)63-54-27-29-56(76-54)64(47-16-5-9-20-51(47)74-40(2)83)58-31-33-60(78-58)66(61-34-32-59(79-61)65(57-30-28-55(63)77-57)48-17-6-10-21-52(48)75-41(3)84)49-18-7-11-22-53(49)80-67(85)44-14-12-13-42(35-44)37-81-38-72-36-62(81)43-23-25-45(26-24-43)68(69,70)71/h4-36,38,76,79H,37H2,1-3H3,(H,73,82)(H,74,83)(H,75,84)(H,80,85). The van der Waals surface area contributed by atoms with E-state index in [9.17, 15) is 32.3 Å². The number of carbonyl (C=O) groups is 4. The zero-order valence-electron chi connectivity index (χ0n) is 45.9. The molecule has 6 aromatic carbocycles. The number of carbonyl (C=O) groups excluding carboxylic acids is 4. The molecule has 0 unspecified atom stereocenters. The number of alkyl halides is 3. The molecule has 17 heteroatoms. The smallest absolute Gasteiger partial charge is 0.354 e. The number of aromatic amines is 2. The van der Waals surface area contributed by atoms with Gasteiger partial charge in [0.15, 0.2) is 0 Å². The number of H-pyrrole nitrogens is 2. The summed E-state index contributed by atoms with van der Waals surface area (Å²) >= 11 is 0. The van der Waals surface area contributed by atoms with E-state index in [1.54, 1.807) is 30.7 Å². The van der Waals surface area contributed by atoms with Crippen molar-refractivity contribution in [2.24, 2.45) is 0 Å². The van der Waals surface area contributed by atoms with Crippen LogP contribution in [0.2, 0.25) is 0 Å².